The summed E-state index contributed by atoms with van der Waals surface area (Å²) < 4.78 is 0. The van der Waals surface area contributed by atoms with E-state index >= 15 is 0 Å². The van der Waals surface area contributed by atoms with Crippen molar-refractivity contribution >= 4 is 5.78 Å². The molecule has 0 aromatic heterocycles. The fourth-order valence-electron chi connectivity index (χ4n) is 0.176. The number of Topliss-reactive ketones (excluding diaryl/α,β-unsaturated/α-hetero) is 1. The lowest BCUT2D eigenvalue weighted by atomic mass is 10.4. The number of ketones is 1. The molecular formula is C5H7NO. The van der Waals surface area contributed by atoms with Gasteiger partial charge in [0.05, 0.1) is 6.54 Å². The van der Waals surface area contributed by atoms with Gasteiger partial charge < -0.3 is 5.73 Å². The van der Waals surface area contributed by atoms with Crippen molar-refractivity contribution in [1.29, 1.82) is 0 Å². The van der Waals surface area contributed by atoms with Gasteiger partial charge in [0, 0.05) is 6.92 Å². The van der Waals surface area contributed by atoms with Crippen LogP contribution in [0, 0.1) is 11.8 Å². The van der Waals surface area contributed by atoms with Crippen LogP contribution in [-0.4, -0.2) is 12.3 Å². The highest BCUT2D eigenvalue weighted by Gasteiger charge is 1.74. The highest BCUT2D eigenvalue weighted by Crippen LogP contribution is 1.57. The summed E-state index contributed by atoms with van der Waals surface area (Å²) in [7, 11) is 0. The molecule has 2 nitrogen and oxygen atoms in total. The van der Waals surface area contributed by atoms with Gasteiger partial charge in [-0.2, -0.15) is 0 Å². The average Bonchev–Trinajstić information content (AvgIpc) is 1.61. The minimum Gasteiger partial charge on any atom is -0.320 e. The summed E-state index contributed by atoms with van der Waals surface area (Å²) in [5, 5.41) is 0. The maximum absolute atomic E-state index is 9.97. The Labute approximate surface area is 42.7 Å². The van der Waals surface area contributed by atoms with E-state index < -0.39 is 0 Å². The predicted octanol–water partition coefficient (Wildman–Crippen LogP) is -0.463. The molecular weight excluding hydrogens is 90.1 g/mol. The molecule has 0 atom stereocenters. The Hall–Kier alpha value is -0.810. The Bertz CT molecular complexity index is 118. The zero-order valence-corrected chi connectivity index (χ0v) is 4.19. The van der Waals surface area contributed by atoms with Gasteiger partial charge in [-0.1, -0.05) is 5.92 Å². The van der Waals surface area contributed by atoms with Crippen molar-refractivity contribution in [3.63, 3.8) is 0 Å². The second-order valence-corrected chi connectivity index (χ2v) is 1.06. The Kier molecular flexibility index (Phi) is 2.99. The lowest BCUT2D eigenvalue weighted by Crippen LogP contribution is -1.94. The molecule has 0 saturated carbocycles. The zero-order valence-electron chi connectivity index (χ0n) is 4.19. The summed E-state index contributed by atoms with van der Waals surface area (Å²) in [6, 6.07) is 0. The van der Waals surface area contributed by atoms with Gasteiger partial charge in [-0.25, -0.2) is 0 Å². The number of nitrogens with two attached hydrogens (primary N) is 1. The second-order valence-electron chi connectivity index (χ2n) is 1.06. The first kappa shape index (κ1) is 6.19. The molecule has 2 N–H and O–H groups in total. The molecule has 0 aliphatic heterocycles. The van der Waals surface area contributed by atoms with E-state index in [0.29, 0.717) is 0 Å². The van der Waals surface area contributed by atoms with Crippen LogP contribution in [0.25, 0.3) is 0 Å². The van der Waals surface area contributed by atoms with E-state index in [1.165, 1.54) is 6.92 Å². The summed E-state index contributed by atoms with van der Waals surface area (Å²) in [4.78, 5) is 9.97. The lowest BCUT2D eigenvalue weighted by molar-refractivity contribution is -0.111. The SMILES string of the molecule is CC(=O)C#CCN. The van der Waals surface area contributed by atoms with E-state index in [-0.39, 0.29) is 12.3 Å². The van der Waals surface area contributed by atoms with E-state index in [2.05, 4.69) is 11.8 Å². The van der Waals surface area contributed by atoms with Gasteiger partial charge >= 0.3 is 0 Å². The lowest BCUT2D eigenvalue weighted by Gasteiger charge is -1.67. The van der Waals surface area contributed by atoms with Crippen LogP contribution in [0.4, 0.5) is 0 Å². The Morgan fingerprint density at radius 1 is 1.86 bits per heavy atom. The van der Waals surface area contributed by atoms with Gasteiger partial charge in [0.1, 0.15) is 0 Å². The molecule has 0 saturated heterocycles. The van der Waals surface area contributed by atoms with Crippen molar-refractivity contribution in [1.82, 2.24) is 0 Å². The number of carbonyl (C=O) groups excluding carboxylic acids is 1. The minimum absolute atomic E-state index is 0.134. The van der Waals surface area contributed by atoms with Gasteiger partial charge in [0.25, 0.3) is 0 Å². The molecule has 0 aliphatic carbocycles. The third kappa shape index (κ3) is 5.19. The average molecular weight is 97.1 g/mol. The molecule has 0 aromatic carbocycles. The van der Waals surface area contributed by atoms with Crippen molar-refractivity contribution in [2.45, 2.75) is 6.92 Å². The standard InChI is InChI=1S/C5H7NO/c1-5(7)3-2-4-6/h4,6H2,1H3. The van der Waals surface area contributed by atoms with Crippen molar-refractivity contribution in [2.75, 3.05) is 6.54 Å². The van der Waals surface area contributed by atoms with Crippen LogP contribution in [0.15, 0.2) is 0 Å². The summed E-state index contributed by atoms with van der Waals surface area (Å²) in [5.74, 6) is 4.57. The molecule has 0 aromatic rings. The van der Waals surface area contributed by atoms with E-state index in [1.807, 2.05) is 0 Å². The maximum Gasteiger partial charge on any atom is 0.202 e. The van der Waals surface area contributed by atoms with Gasteiger partial charge in [-0.3, -0.25) is 4.79 Å². The molecule has 2 heteroatoms. The van der Waals surface area contributed by atoms with Crippen molar-refractivity contribution in [3.8, 4) is 11.8 Å². The van der Waals surface area contributed by atoms with E-state index in [4.69, 9.17) is 5.73 Å². The quantitative estimate of drug-likeness (QED) is 0.328. The molecule has 0 radical (unpaired) electrons. The molecule has 0 unspecified atom stereocenters. The van der Waals surface area contributed by atoms with Crippen molar-refractivity contribution in [3.05, 3.63) is 0 Å². The molecule has 0 amide bonds. The second kappa shape index (κ2) is 3.38. The molecule has 38 valence electrons. The van der Waals surface area contributed by atoms with Crippen LogP contribution in [0.1, 0.15) is 6.92 Å². The van der Waals surface area contributed by atoms with Gasteiger partial charge in [-0.15, -0.1) is 0 Å². The highest BCUT2D eigenvalue weighted by molar-refractivity contribution is 5.93. The fourth-order valence-corrected chi connectivity index (χ4v) is 0.176. The van der Waals surface area contributed by atoms with Crippen LogP contribution in [0.3, 0.4) is 0 Å². The van der Waals surface area contributed by atoms with Crippen LogP contribution >= 0.6 is 0 Å². The first-order valence-corrected chi connectivity index (χ1v) is 1.97. The third-order valence-corrected chi connectivity index (χ3v) is 0.366. The summed E-state index contributed by atoms with van der Waals surface area (Å²) in [5.41, 5.74) is 4.95. The highest BCUT2D eigenvalue weighted by atomic mass is 16.1. The molecule has 0 heterocycles. The maximum atomic E-state index is 9.97. The Balaban J connectivity index is 3.45. The molecule has 0 spiro atoms. The Morgan fingerprint density at radius 3 is 2.57 bits per heavy atom. The Morgan fingerprint density at radius 2 is 2.43 bits per heavy atom. The van der Waals surface area contributed by atoms with Crippen molar-refractivity contribution in [2.24, 2.45) is 5.73 Å². The first-order valence-electron chi connectivity index (χ1n) is 1.97. The zero-order chi connectivity index (χ0) is 5.70. The van der Waals surface area contributed by atoms with Crippen LogP contribution in [-0.2, 0) is 4.79 Å². The van der Waals surface area contributed by atoms with Crippen molar-refractivity contribution < 1.29 is 4.79 Å². The number of hydrogen-bond acceptors (Lipinski definition) is 2. The van der Waals surface area contributed by atoms with Crippen LogP contribution in [0.2, 0.25) is 0 Å². The number of rotatable bonds is 0. The fraction of sp³-hybridized carbons (Fsp3) is 0.400. The normalized spacial score (nSPS) is 6.57. The minimum atomic E-state index is -0.134. The molecule has 0 rings (SSSR count). The van der Waals surface area contributed by atoms with Gasteiger partial charge in [0.15, 0.2) is 0 Å². The molecule has 0 bridgehead atoms. The van der Waals surface area contributed by atoms with Crippen LogP contribution in [0.5, 0.6) is 0 Å². The summed E-state index contributed by atoms with van der Waals surface area (Å²) >= 11 is 0. The number of carbonyl (C=O) groups is 1. The van der Waals surface area contributed by atoms with Crippen LogP contribution < -0.4 is 5.73 Å². The summed E-state index contributed by atoms with van der Waals surface area (Å²) in [6.07, 6.45) is 0. The van der Waals surface area contributed by atoms with Gasteiger partial charge in [0.2, 0.25) is 5.78 Å². The largest absolute Gasteiger partial charge is 0.320 e. The number of hydrogen-bond donors (Lipinski definition) is 1. The topological polar surface area (TPSA) is 43.1 Å². The smallest absolute Gasteiger partial charge is 0.202 e. The predicted molar refractivity (Wildman–Crippen MR) is 27.5 cm³/mol. The monoisotopic (exact) mass is 97.1 g/mol. The first-order chi connectivity index (χ1) is 3.27. The molecule has 7 heavy (non-hydrogen) atoms. The van der Waals surface area contributed by atoms with E-state index in [9.17, 15) is 4.79 Å². The summed E-state index contributed by atoms with van der Waals surface area (Å²) in [6.45, 7) is 1.67. The van der Waals surface area contributed by atoms with E-state index in [1.54, 1.807) is 0 Å². The van der Waals surface area contributed by atoms with E-state index in [0.717, 1.165) is 0 Å². The third-order valence-electron chi connectivity index (χ3n) is 0.366. The molecule has 0 fully saturated rings. The molecule has 0 aliphatic rings. The van der Waals surface area contributed by atoms with Gasteiger partial charge in [-0.05, 0) is 5.92 Å².